The topological polar surface area (TPSA) is 102 Å². The number of furan rings is 1. The van der Waals surface area contributed by atoms with Crippen LogP contribution in [0.15, 0.2) is 39.8 Å². The van der Waals surface area contributed by atoms with Crippen molar-refractivity contribution in [3.05, 3.63) is 47.4 Å². The highest BCUT2D eigenvalue weighted by Crippen LogP contribution is 2.19. The number of carbonyl (C=O) groups is 1. The van der Waals surface area contributed by atoms with Gasteiger partial charge in [0.15, 0.2) is 0 Å². The average molecular weight is 294 g/mol. The van der Waals surface area contributed by atoms with Crippen LogP contribution >= 0.6 is 0 Å². The van der Waals surface area contributed by atoms with Gasteiger partial charge in [-0.15, -0.1) is 0 Å². The van der Waals surface area contributed by atoms with Crippen LogP contribution in [-0.4, -0.2) is 14.3 Å². The predicted molar refractivity (Wildman–Crippen MR) is 74.0 cm³/mol. The van der Waals surface area contributed by atoms with Gasteiger partial charge in [0.2, 0.25) is 10.0 Å². The maximum Gasteiger partial charge on any atom is 0.259 e. The van der Waals surface area contributed by atoms with Crippen LogP contribution in [0.25, 0.3) is 0 Å². The molecule has 0 fully saturated rings. The van der Waals surface area contributed by atoms with Crippen LogP contribution in [0.2, 0.25) is 0 Å². The van der Waals surface area contributed by atoms with Crippen LogP contribution in [0.3, 0.4) is 0 Å². The Hall–Kier alpha value is -2.12. The molecule has 0 aliphatic carbocycles. The number of carbonyl (C=O) groups excluding carboxylic acids is 1. The van der Waals surface area contributed by atoms with Gasteiger partial charge in [-0.3, -0.25) is 4.79 Å². The molecule has 0 aliphatic rings. The standard InChI is InChI=1S/C13H14N2O4S/c1-8-7-19-9(2)12(8)13(16)15-10-4-3-5-11(6-10)20(14,17)18/h3-7H,1-2H3,(H,15,16)(H2,14,17,18). The van der Waals surface area contributed by atoms with Gasteiger partial charge in [0.05, 0.1) is 16.7 Å². The highest BCUT2D eigenvalue weighted by atomic mass is 32.2. The molecule has 2 aromatic rings. The summed E-state index contributed by atoms with van der Waals surface area (Å²) >= 11 is 0. The minimum absolute atomic E-state index is 0.0593. The first kappa shape index (κ1) is 14.3. The van der Waals surface area contributed by atoms with Gasteiger partial charge < -0.3 is 9.73 Å². The smallest absolute Gasteiger partial charge is 0.259 e. The third kappa shape index (κ3) is 2.89. The Kier molecular flexibility index (Phi) is 3.65. The molecule has 0 spiro atoms. The lowest BCUT2D eigenvalue weighted by Crippen LogP contribution is -2.15. The van der Waals surface area contributed by atoms with Crippen molar-refractivity contribution in [2.75, 3.05) is 5.32 Å². The van der Waals surface area contributed by atoms with Crippen molar-refractivity contribution >= 4 is 21.6 Å². The van der Waals surface area contributed by atoms with Gasteiger partial charge >= 0.3 is 0 Å². The molecule has 7 heteroatoms. The first-order chi connectivity index (χ1) is 9.29. The third-order valence-corrected chi connectivity index (χ3v) is 3.72. The molecule has 2 rings (SSSR count). The molecular formula is C13H14N2O4S. The number of sulfonamides is 1. The monoisotopic (exact) mass is 294 g/mol. The number of rotatable bonds is 3. The van der Waals surface area contributed by atoms with Gasteiger partial charge in [-0.2, -0.15) is 0 Å². The van der Waals surface area contributed by atoms with Gasteiger partial charge in [-0.05, 0) is 32.0 Å². The highest BCUT2D eigenvalue weighted by Gasteiger charge is 2.16. The van der Waals surface area contributed by atoms with E-state index in [9.17, 15) is 13.2 Å². The van der Waals surface area contributed by atoms with Gasteiger partial charge in [-0.1, -0.05) is 6.07 Å². The Balaban J connectivity index is 2.29. The average Bonchev–Trinajstić information content (AvgIpc) is 2.68. The predicted octanol–water partition coefficient (Wildman–Crippen LogP) is 1.80. The molecular weight excluding hydrogens is 280 g/mol. The van der Waals surface area contributed by atoms with Gasteiger partial charge in [0, 0.05) is 11.3 Å². The molecule has 3 N–H and O–H groups in total. The second-order valence-corrected chi connectivity index (χ2v) is 5.94. The summed E-state index contributed by atoms with van der Waals surface area (Å²) < 4.78 is 27.7. The van der Waals surface area contributed by atoms with E-state index in [4.69, 9.17) is 9.56 Å². The minimum atomic E-state index is -3.80. The molecule has 1 amide bonds. The number of benzene rings is 1. The Bertz CT molecular complexity index is 743. The molecule has 0 aliphatic heterocycles. The Morgan fingerprint density at radius 1 is 1.30 bits per heavy atom. The molecule has 106 valence electrons. The molecule has 1 aromatic carbocycles. The SMILES string of the molecule is Cc1coc(C)c1C(=O)Nc1cccc(S(N)(=O)=O)c1. The third-order valence-electron chi connectivity index (χ3n) is 2.81. The van der Waals surface area contributed by atoms with Crippen molar-refractivity contribution in [3.63, 3.8) is 0 Å². The molecule has 6 nitrogen and oxygen atoms in total. The molecule has 0 unspecified atom stereocenters. The van der Waals surface area contributed by atoms with Crippen LogP contribution in [0, 0.1) is 13.8 Å². The number of primary sulfonamides is 1. The van der Waals surface area contributed by atoms with Gasteiger partial charge in [-0.25, -0.2) is 13.6 Å². The summed E-state index contributed by atoms with van der Waals surface area (Å²) in [5, 5.41) is 7.66. The maximum absolute atomic E-state index is 12.1. The largest absolute Gasteiger partial charge is 0.469 e. The first-order valence-electron chi connectivity index (χ1n) is 5.78. The van der Waals surface area contributed by atoms with E-state index in [-0.39, 0.29) is 10.8 Å². The van der Waals surface area contributed by atoms with E-state index in [1.54, 1.807) is 19.9 Å². The molecule has 0 saturated heterocycles. The lowest BCUT2D eigenvalue weighted by Gasteiger charge is -2.06. The zero-order valence-corrected chi connectivity index (χ0v) is 11.8. The van der Waals surface area contributed by atoms with E-state index >= 15 is 0 Å². The van der Waals surface area contributed by atoms with Crippen LogP contribution < -0.4 is 10.5 Å². The Morgan fingerprint density at radius 3 is 2.55 bits per heavy atom. The molecule has 20 heavy (non-hydrogen) atoms. The maximum atomic E-state index is 12.1. The summed E-state index contributed by atoms with van der Waals surface area (Å²) in [7, 11) is -3.80. The summed E-state index contributed by atoms with van der Waals surface area (Å²) in [5.41, 5.74) is 1.50. The zero-order chi connectivity index (χ0) is 14.9. The Labute approximate surface area is 116 Å². The fraction of sp³-hybridized carbons (Fsp3) is 0.154. The number of anilines is 1. The van der Waals surface area contributed by atoms with Gasteiger partial charge in [0.25, 0.3) is 5.91 Å². The number of amides is 1. The number of nitrogens with two attached hydrogens (primary N) is 1. The molecule has 0 saturated carbocycles. The second-order valence-electron chi connectivity index (χ2n) is 4.38. The fourth-order valence-electron chi connectivity index (χ4n) is 1.86. The summed E-state index contributed by atoms with van der Waals surface area (Å²) in [4.78, 5) is 12.1. The van der Waals surface area contributed by atoms with Crippen LogP contribution in [0.1, 0.15) is 21.7 Å². The molecule has 0 bridgehead atoms. The Morgan fingerprint density at radius 2 is 2.00 bits per heavy atom. The van der Waals surface area contributed by atoms with Crippen LogP contribution in [-0.2, 0) is 10.0 Å². The highest BCUT2D eigenvalue weighted by molar-refractivity contribution is 7.89. The van der Waals surface area contributed by atoms with E-state index in [0.29, 0.717) is 22.6 Å². The summed E-state index contributed by atoms with van der Waals surface area (Å²) in [5.74, 6) is 0.142. The van der Waals surface area contributed by atoms with Crippen LogP contribution in [0.5, 0.6) is 0 Å². The van der Waals surface area contributed by atoms with Crippen molar-refractivity contribution in [1.29, 1.82) is 0 Å². The second kappa shape index (κ2) is 5.10. The van der Waals surface area contributed by atoms with Gasteiger partial charge in [0.1, 0.15) is 5.76 Å². The van der Waals surface area contributed by atoms with E-state index in [1.165, 1.54) is 24.5 Å². The first-order valence-corrected chi connectivity index (χ1v) is 7.32. The summed E-state index contributed by atoms with van der Waals surface area (Å²) in [6.07, 6.45) is 1.49. The summed E-state index contributed by atoms with van der Waals surface area (Å²) in [6, 6.07) is 5.75. The van der Waals surface area contributed by atoms with Crippen LogP contribution in [0.4, 0.5) is 5.69 Å². The van der Waals surface area contributed by atoms with Crippen molar-refractivity contribution in [1.82, 2.24) is 0 Å². The number of hydrogen-bond donors (Lipinski definition) is 2. The minimum Gasteiger partial charge on any atom is -0.469 e. The number of nitrogens with one attached hydrogen (secondary N) is 1. The van der Waals surface area contributed by atoms with E-state index in [1.807, 2.05) is 0 Å². The van der Waals surface area contributed by atoms with Crippen molar-refractivity contribution in [2.24, 2.45) is 5.14 Å². The lowest BCUT2D eigenvalue weighted by molar-refractivity contribution is 0.102. The molecule has 1 aromatic heterocycles. The van der Waals surface area contributed by atoms with E-state index in [2.05, 4.69) is 5.32 Å². The zero-order valence-electron chi connectivity index (χ0n) is 11.0. The normalized spacial score (nSPS) is 11.3. The lowest BCUT2D eigenvalue weighted by atomic mass is 10.1. The van der Waals surface area contributed by atoms with Crippen molar-refractivity contribution in [2.45, 2.75) is 18.7 Å². The quantitative estimate of drug-likeness (QED) is 0.900. The van der Waals surface area contributed by atoms with E-state index in [0.717, 1.165) is 0 Å². The molecule has 1 heterocycles. The molecule has 0 atom stereocenters. The number of hydrogen-bond acceptors (Lipinski definition) is 4. The van der Waals surface area contributed by atoms with Crippen molar-refractivity contribution < 1.29 is 17.6 Å². The van der Waals surface area contributed by atoms with E-state index < -0.39 is 10.0 Å². The summed E-state index contributed by atoms with van der Waals surface area (Å²) in [6.45, 7) is 3.44. The number of aryl methyl sites for hydroxylation is 2. The van der Waals surface area contributed by atoms with Crippen molar-refractivity contribution in [3.8, 4) is 0 Å². The fourth-order valence-corrected chi connectivity index (χ4v) is 2.42. The molecule has 0 radical (unpaired) electrons.